The first kappa shape index (κ1) is 13.5. The first-order chi connectivity index (χ1) is 9.15. The minimum Gasteiger partial charge on any atom is -0.481 e. The Kier molecular flexibility index (Phi) is 4.48. The lowest BCUT2D eigenvalue weighted by molar-refractivity contribution is -0.139. The van der Waals surface area contributed by atoms with E-state index in [0.29, 0.717) is 6.54 Å². The Labute approximate surface area is 110 Å². The van der Waals surface area contributed by atoms with Gasteiger partial charge >= 0.3 is 5.97 Å². The van der Waals surface area contributed by atoms with Crippen LogP contribution in [-0.2, 0) is 11.2 Å². The number of aliphatic hydroxyl groups is 1. The third-order valence-corrected chi connectivity index (χ3v) is 2.78. The fourth-order valence-electron chi connectivity index (χ4n) is 1.83. The molecule has 6 nitrogen and oxygen atoms in total. The topological polar surface area (TPSA) is 95.6 Å². The van der Waals surface area contributed by atoms with Gasteiger partial charge < -0.3 is 19.9 Å². The van der Waals surface area contributed by atoms with Crippen LogP contribution in [0.3, 0.4) is 0 Å². The summed E-state index contributed by atoms with van der Waals surface area (Å²) in [5.41, 5.74) is 2.68. The zero-order valence-corrected chi connectivity index (χ0v) is 10.4. The zero-order chi connectivity index (χ0) is 13.7. The quantitative estimate of drug-likeness (QED) is 0.640. The highest BCUT2D eigenvalue weighted by Crippen LogP contribution is 2.14. The molecule has 0 bridgehead atoms. The largest absolute Gasteiger partial charge is 0.481 e. The molecule has 0 aliphatic heterocycles. The fourth-order valence-corrected chi connectivity index (χ4v) is 1.83. The third-order valence-electron chi connectivity index (χ3n) is 2.78. The molecular formula is C13H16N2O4. The molecule has 1 aromatic heterocycles. The Morgan fingerprint density at radius 3 is 3.11 bits per heavy atom. The van der Waals surface area contributed by atoms with Crippen molar-refractivity contribution in [2.75, 3.05) is 13.1 Å². The maximum atomic E-state index is 10.4. The van der Waals surface area contributed by atoms with Crippen molar-refractivity contribution >= 4 is 17.1 Å². The average molecular weight is 264 g/mol. The molecule has 6 heteroatoms. The molecule has 19 heavy (non-hydrogen) atoms. The van der Waals surface area contributed by atoms with Gasteiger partial charge in [-0.2, -0.15) is 0 Å². The monoisotopic (exact) mass is 264 g/mol. The summed E-state index contributed by atoms with van der Waals surface area (Å²) in [7, 11) is 0. The maximum Gasteiger partial charge on any atom is 0.306 e. The van der Waals surface area contributed by atoms with Gasteiger partial charge in [0.15, 0.2) is 12.0 Å². The van der Waals surface area contributed by atoms with Crippen LogP contribution in [0.5, 0.6) is 0 Å². The van der Waals surface area contributed by atoms with E-state index in [-0.39, 0.29) is 13.0 Å². The molecule has 1 aromatic carbocycles. The van der Waals surface area contributed by atoms with Gasteiger partial charge in [-0.15, -0.1) is 0 Å². The number of nitrogens with zero attached hydrogens (tertiary/aromatic N) is 1. The van der Waals surface area contributed by atoms with Gasteiger partial charge in [0.05, 0.1) is 12.5 Å². The van der Waals surface area contributed by atoms with Gasteiger partial charge in [-0.3, -0.25) is 4.79 Å². The lowest BCUT2D eigenvalue weighted by Crippen LogP contribution is -2.30. The molecule has 0 amide bonds. The van der Waals surface area contributed by atoms with Crippen LogP contribution in [0.2, 0.25) is 0 Å². The Morgan fingerprint density at radius 1 is 1.47 bits per heavy atom. The number of hydrogen-bond donors (Lipinski definition) is 3. The van der Waals surface area contributed by atoms with Crippen molar-refractivity contribution in [3.63, 3.8) is 0 Å². The van der Waals surface area contributed by atoms with Crippen LogP contribution in [0.25, 0.3) is 11.1 Å². The van der Waals surface area contributed by atoms with E-state index < -0.39 is 12.1 Å². The highest BCUT2D eigenvalue weighted by atomic mass is 16.4. The van der Waals surface area contributed by atoms with Crippen LogP contribution in [-0.4, -0.2) is 40.4 Å². The van der Waals surface area contributed by atoms with E-state index in [4.69, 9.17) is 9.52 Å². The number of nitrogens with one attached hydrogen (secondary N) is 1. The van der Waals surface area contributed by atoms with Crippen LogP contribution < -0.4 is 5.32 Å². The molecule has 1 heterocycles. The molecule has 1 unspecified atom stereocenters. The van der Waals surface area contributed by atoms with Crippen molar-refractivity contribution in [1.82, 2.24) is 10.3 Å². The summed E-state index contributed by atoms with van der Waals surface area (Å²) in [6.45, 7) is 0.938. The summed E-state index contributed by atoms with van der Waals surface area (Å²) in [6, 6.07) is 5.80. The molecular weight excluding hydrogens is 248 g/mol. The molecule has 2 aromatic rings. The van der Waals surface area contributed by atoms with E-state index in [1.54, 1.807) is 0 Å². The Morgan fingerprint density at radius 2 is 2.32 bits per heavy atom. The molecule has 0 radical (unpaired) electrons. The highest BCUT2D eigenvalue weighted by Gasteiger charge is 2.08. The summed E-state index contributed by atoms with van der Waals surface area (Å²) < 4.78 is 5.21. The van der Waals surface area contributed by atoms with Gasteiger partial charge in [0.1, 0.15) is 5.52 Å². The molecule has 0 aliphatic carbocycles. The second kappa shape index (κ2) is 6.31. The van der Waals surface area contributed by atoms with Crippen LogP contribution in [0.1, 0.15) is 12.0 Å². The number of carbonyl (C=O) groups is 1. The predicted octanol–water partition coefficient (Wildman–Crippen LogP) is 0.795. The van der Waals surface area contributed by atoms with Crippen LogP contribution in [0.4, 0.5) is 0 Å². The highest BCUT2D eigenvalue weighted by molar-refractivity contribution is 5.72. The second-order valence-electron chi connectivity index (χ2n) is 4.36. The van der Waals surface area contributed by atoms with Crippen LogP contribution in [0, 0.1) is 0 Å². The van der Waals surface area contributed by atoms with E-state index >= 15 is 0 Å². The molecule has 102 valence electrons. The van der Waals surface area contributed by atoms with Gasteiger partial charge in [0.2, 0.25) is 0 Å². The average Bonchev–Trinajstić information content (AvgIpc) is 2.81. The number of aromatic nitrogens is 1. The van der Waals surface area contributed by atoms with Crippen molar-refractivity contribution in [3.8, 4) is 0 Å². The summed E-state index contributed by atoms with van der Waals surface area (Å²) >= 11 is 0. The van der Waals surface area contributed by atoms with Gasteiger partial charge in [-0.1, -0.05) is 6.07 Å². The summed E-state index contributed by atoms with van der Waals surface area (Å²) in [5.74, 6) is -0.995. The summed E-state index contributed by atoms with van der Waals surface area (Å²) in [5, 5.41) is 20.9. The predicted molar refractivity (Wildman–Crippen MR) is 68.8 cm³/mol. The van der Waals surface area contributed by atoms with Gasteiger partial charge in [0, 0.05) is 6.54 Å². The first-order valence-electron chi connectivity index (χ1n) is 6.08. The van der Waals surface area contributed by atoms with Crippen molar-refractivity contribution in [1.29, 1.82) is 0 Å². The number of aliphatic carboxylic acids is 1. The third kappa shape index (κ3) is 4.04. The zero-order valence-electron chi connectivity index (χ0n) is 10.4. The number of fused-ring (bicyclic) bond motifs is 1. The Bertz CT molecular complexity index is 552. The first-order valence-corrected chi connectivity index (χ1v) is 6.08. The molecule has 1 atom stereocenters. The molecule has 0 spiro atoms. The number of aliphatic hydroxyl groups excluding tert-OH is 1. The van der Waals surface area contributed by atoms with Gasteiger partial charge in [-0.25, -0.2) is 4.98 Å². The Balaban J connectivity index is 1.74. The minimum atomic E-state index is -0.995. The number of carboxylic acid groups (broad SMARTS) is 1. The molecule has 0 saturated carbocycles. The standard InChI is InChI=1S/C13H16N2O4/c16-10(6-13(17)18)7-14-4-3-9-1-2-11-12(5-9)19-8-15-11/h1-2,5,8,10,14,16H,3-4,6-7H2,(H,17,18). The molecule has 0 fully saturated rings. The van der Waals surface area contributed by atoms with Gasteiger partial charge in [-0.05, 0) is 30.7 Å². The Hall–Kier alpha value is -1.92. The molecule has 2 rings (SSSR count). The van der Waals surface area contributed by atoms with E-state index in [2.05, 4.69) is 10.3 Å². The molecule has 3 N–H and O–H groups in total. The second-order valence-corrected chi connectivity index (χ2v) is 4.36. The smallest absolute Gasteiger partial charge is 0.306 e. The lowest BCUT2D eigenvalue weighted by atomic mass is 10.1. The lowest BCUT2D eigenvalue weighted by Gasteiger charge is -2.09. The SMILES string of the molecule is O=C(O)CC(O)CNCCc1ccc2ncoc2c1. The van der Waals surface area contributed by atoms with Crippen LogP contribution >= 0.6 is 0 Å². The number of rotatable bonds is 7. The molecule has 0 aliphatic rings. The number of benzene rings is 1. The van der Waals surface area contributed by atoms with Crippen molar-refractivity contribution in [2.24, 2.45) is 0 Å². The van der Waals surface area contributed by atoms with Crippen LogP contribution in [0.15, 0.2) is 29.0 Å². The van der Waals surface area contributed by atoms with Crippen molar-refractivity contribution < 1.29 is 19.4 Å². The minimum absolute atomic E-state index is 0.239. The maximum absolute atomic E-state index is 10.4. The number of hydrogen-bond acceptors (Lipinski definition) is 5. The van der Waals surface area contributed by atoms with Gasteiger partial charge in [0.25, 0.3) is 0 Å². The summed E-state index contributed by atoms with van der Waals surface area (Å²) in [6.07, 6.45) is 1.09. The normalized spacial score (nSPS) is 12.7. The van der Waals surface area contributed by atoms with Crippen molar-refractivity contribution in [2.45, 2.75) is 18.9 Å². The van der Waals surface area contributed by atoms with Crippen molar-refractivity contribution in [3.05, 3.63) is 30.2 Å². The van der Waals surface area contributed by atoms with E-state index in [0.717, 1.165) is 23.1 Å². The summed E-state index contributed by atoms with van der Waals surface area (Å²) in [4.78, 5) is 14.4. The molecule has 0 saturated heterocycles. The number of oxazole rings is 1. The fraction of sp³-hybridized carbons (Fsp3) is 0.385. The van der Waals surface area contributed by atoms with E-state index in [1.807, 2.05) is 18.2 Å². The van der Waals surface area contributed by atoms with E-state index in [9.17, 15) is 9.90 Å². The number of carboxylic acids is 1. The van der Waals surface area contributed by atoms with E-state index in [1.165, 1.54) is 6.39 Å².